The Morgan fingerprint density at radius 3 is 2.55 bits per heavy atom. The third-order valence-corrected chi connectivity index (χ3v) is 5.50. The van der Waals surface area contributed by atoms with Crippen LogP contribution in [-0.2, 0) is 0 Å². The second-order valence-electron chi connectivity index (χ2n) is 6.18. The molecule has 2 aliphatic rings. The zero-order valence-electron chi connectivity index (χ0n) is 12.2. The number of hydrogen-bond acceptors (Lipinski definition) is 2. The van der Waals surface area contributed by atoms with E-state index in [0.717, 1.165) is 19.0 Å². The maximum absolute atomic E-state index is 3.49. The molecule has 3 heteroatoms. The molecule has 2 fully saturated rings. The highest BCUT2D eigenvalue weighted by Gasteiger charge is 2.30. The van der Waals surface area contributed by atoms with Crippen LogP contribution in [0.1, 0.15) is 43.7 Å². The summed E-state index contributed by atoms with van der Waals surface area (Å²) >= 11 is 2.45. The van der Waals surface area contributed by atoms with E-state index in [4.69, 9.17) is 0 Å². The molecule has 1 aliphatic carbocycles. The lowest BCUT2D eigenvalue weighted by Crippen LogP contribution is -2.47. The normalized spacial score (nSPS) is 23.6. The minimum atomic E-state index is 0.645. The molecular weight excluding hydrogens is 359 g/mol. The highest BCUT2D eigenvalue weighted by molar-refractivity contribution is 14.1. The lowest BCUT2D eigenvalue weighted by atomic mass is 9.80. The molecule has 2 nitrogen and oxygen atoms in total. The molecular formula is C17H25IN2. The van der Waals surface area contributed by atoms with Crippen molar-refractivity contribution in [3.63, 3.8) is 0 Å². The van der Waals surface area contributed by atoms with E-state index in [0.29, 0.717) is 6.04 Å². The molecule has 1 N–H and O–H groups in total. The van der Waals surface area contributed by atoms with E-state index in [1.807, 2.05) is 0 Å². The average molecular weight is 384 g/mol. The molecule has 1 heterocycles. The third-order valence-electron chi connectivity index (χ3n) is 4.83. The van der Waals surface area contributed by atoms with E-state index < -0.39 is 0 Å². The zero-order valence-corrected chi connectivity index (χ0v) is 14.3. The van der Waals surface area contributed by atoms with Crippen LogP contribution in [0.5, 0.6) is 0 Å². The maximum Gasteiger partial charge on any atom is 0.0377 e. The highest BCUT2D eigenvalue weighted by atomic mass is 127. The standard InChI is InChI=1S/C17H25IN2/c18-16-8-4-7-15(13-16)17(14-5-2-1-3-6-14)20-11-9-19-10-12-20/h4,7-8,13-14,17,19H,1-3,5-6,9-12H2/t17-/m0/s1. The van der Waals surface area contributed by atoms with Gasteiger partial charge in [0.1, 0.15) is 0 Å². The van der Waals surface area contributed by atoms with Crippen molar-refractivity contribution < 1.29 is 0 Å². The van der Waals surface area contributed by atoms with Crippen LogP contribution in [0, 0.1) is 9.49 Å². The van der Waals surface area contributed by atoms with Crippen molar-refractivity contribution in [2.45, 2.75) is 38.1 Å². The third kappa shape index (κ3) is 3.55. The van der Waals surface area contributed by atoms with Crippen molar-refractivity contribution in [1.29, 1.82) is 0 Å². The Labute approximate surface area is 136 Å². The summed E-state index contributed by atoms with van der Waals surface area (Å²) in [5.41, 5.74) is 1.55. The lowest BCUT2D eigenvalue weighted by Gasteiger charge is -2.41. The predicted molar refractivity (Wildman–Crippen MR) is 92.9 cm³/mol. The second-order valence-corrected chi connectivity index (χ2v) is 7.43. The fraction of sp³-hybridized carbons (Fsp3) is 0.647. The van der Waals surface area contributed by atoms with Crippen LogP contribution < -0.4 is 5.32 Å². The van der Waals surface area contributed by atoms with Crippen LogP contribution in [0.2, 0.25) is 0 Å². The van der Waals surface area contributed by atoms with E-state index >= 15 is 0 Å². The summed E-state index contributed by atoms with van der Waals surface area (Å²) in [6.45, 7) is 4.69. The summed E-state index contributed by atoms with van der Waals surface area (Å²) in [6.07, 6.45) is 7.13. The average Bonchev–Trinajstić information content (AvgIpc) is 2.50. The van der Waals surface area contributed by atoms with Crippen molar-refractivity contribution in [1.82, 2.24) is 10.2 Å². The van der Waals surface area contributed by atoms with E-state index in [1.54, 1.807) is 5.56 Å². The van der Waals surface area contributed by atoms with Crippen LogP contribution in [0.25, 0.3) is 0 Å². The summed E-state index contributed by atoms with van der Waals surface area (Å²) in [4.78, 5) is 2.73. The molecule has 0 radical (unpaired) electrons. The van der Waals surface area contributed by atoms with Gasteiger partial charge in [0.05, 0.1) is 0 Å². The topological polar surface area (TPSA) is 15.3 Å². The number of hydrogen-bond donors (Lipinski definition) is 1. The summed E-state index contributed by atoms with van der Waals surface area (Å²) in [5.74, 6) is 0.861. The molecule has 0 unspecified atom stereocenters. The first-order chi connectivity index (χ1) is 9.84. The Balaban J connectivity index is 1.85. The first-order valence-electron chi connectivity index (χ1n) is 8.05. The number of nitrogens with zero attached hydrogens (tertiary/aromatic N) is 1. The summed E-state index contributed by atoms with van der Waals surface area (Å²) in [7, 11) is 0. The minimum Gasteiger partial charge on any atom is -0.314 e. The van der Waals surface area contributed by atoms with Crippen molar-refractivity contribution in [2.75, 3.05) is 26.2 Å². The molecule has 1 aromatic rings. The number of benzene rings is 1. The highest BCUT2D eigenvalue weighted by Crippen LogP contribution is 2.38. The minimum absolute atomic E-state index is 0.645. The maximum atomic E-state index is 3.49. The SMILES string of the molecule is Ic1cccc([C@H](C2CCCCC2)N2CCNCC2)c1. The molecule has 20 heavy (non-hydrogen) atoms. The van der Waals surface area contributed by atoms with Crippen LogP contribution >= 0.6 is 22.6 Å². The summed E-state index contributed by atoms with van der Waals surface area (Å²) in [5, 5.41) is 3.49. The molecule has 0 spiro atoms. The van der Waals surface area contributed by atoms with Gasteiger partial charge < -0.3 is 5.32 Å². The van der Waals surface area contributed by atoms with Gasteiger partial charge in [0.15, 0.2) is 0 Å². The molecule has 1 saturated heterocycles. The molecule has 3 rings (SSSR count). The number of halogens is 1. The summed E-state index contributed by atoms with van der Waals surface area (Å²) < 4.78 is 1.37. The van der Waals surface area contributed by atoms with Gasteiger partial charge in [-0.1, -0.05) is 31.4 Å². The smallest absolute Gasteiger partial charge is 0.0377 e. The zero-order chi connectivity index (χ0) is 13.8. The molecule has 1 atom stereocenters. The second kappa shape index (κ2) is 7.23. The van der Waals surface area contributed by atoms with Gasteiger partial charge in [-0.3, -0.25) is 4.90 Å². The Kier molecular flexibility index (Phi) is 5.35. The molecule has 1 aliphatic heterocycles. The molecule has 0 bridgehead atoms. The molecule has 0 aromatic heterocycles. The Hall–Kier alpha value is -0.130. The number of nitrogens with one attached hydrogen (secondary N) is 1. The number of piperazine rings is 1. The monoisotopic (exact) mass is 384 g/mol. The van der Waals surface area contributed by atoms with Crippen molar-refractivity contribution in [3.8, 4) is 0 Å². The van der Waals surface area contributed by atoms with E-state index in [2.05, 4.69) is 57.1 Å². The Bertz CT molecular complexity index is 405. The van der Waals surface area contributed by atoms with Gasteiger partial charge in [-0.2, -0.15) is 0 Å². The predicted octanol–water partition coefficient (Wildman–Crippen LogP) is 3.82. The fourth-order valence-electron chi connectivity index (χ4n) is 3.88. The number of rotatable bonds is 3. The summed E-state index contributed by atoms with van der Waals surface area (Å²) in [6, 6.07) is 9.84. The lowest BCUT2D eigenvalue weighted by molar-refractivity contribution is 0.103. The van der Waals surface area contributed by atoms with Crippen LogP contribution in [0.15, 0.2) is 24.3 Å². The van der Waals surface area contributed by atoms with Crippen molar-refractivity contribution in [3.05, 3.63) is 33.4 Å². The van der Waals surface area contributed by atoms with Crippen LogP contribution in [0.4, 0.5) is 0 Å². The molecule has 110 valence electrons. The van der Waals surface area contributed by atoms with Gasteiger partial charge in [0.2, 0.25) is 0 Å². The quantitative estimate of drug-likeness (QED) is 0.798. The molecule has 1 saturated carbocycles. The van der Waals surface area contributed by atoms with E-state index in [1.165, 1.54) is 48.8 Å². The van der Waals surface area contributed by atoms with E-state index in [9.17, 15) is 0 Å². The van der Waals surface area contributed by atoms with Gasteiger partial charge in [-0.15, -0.1) is 0 Å². The molecule has 0 amide bonds. The van der Waals surface area contributed by atoms with Crippen molar-refractivity contribution in [2.24, 2.45) is 5.92 Å². The van der Waals surface area contributed by atoms with Gasteiger partial charge in [0.25, 0.3) is 0 Å². The largest absolute Gasteiger partial charge is 0.314 e. The Morgan fingerprint density at radius 2 is 1.85 bits per heavy atom. The van der Waals surface area contributed by atoms with Crippen LogP contribution in [-0.4, -0.2) is 31.1 Å². The Morgan fingerprint density at radius 1 is 1.10 bits per heavy atom. The molecule has 1 aromatic carbocycles. The first-order valence-corrected chi connectivity index (χ1v) is 9.13. The first kappa shape index (κ1) is 14.8. The van der Waals surface area contributed by atoms with Gasteiger partial charge in [0, 0.05) is 35.8 Å². The fourth-order valence-corrected chi connectivity index (χ4v) is 4.45. The van der Waals surface area contributed by atoms with E-state index in [-0.39, 0.29) is 0 Å². The van der Waals surface area contributed by atoms with Gasteiger partial charge >= 0.3 is 0 Å². The van der Waals surface area contributed by atoms with Gasteiger partial charge in [-0.05, 0) is 59.0 Å². The van der Waals surface area contributed by atoms with Crippen molar-refractivity contribution >= 4 is 22.6 Å². The van der Waals surface area contributed by atoms with Crippen LogP contribution in [0.3, 0.4) is 0 Å². The van der Waals surface area contributed by atoms with Gasteiger partial charge in [-0.25, -0.2) is 0 Å².